The molecular weight excluding hydrogens is 260 g/mol. The van der Waals surface area contributed by atoms with Crippen molar-refractivity contribution in [3.8, 4) is 5.69 Å². The van der Waals surface area contributed by atoms with Crippen molar-refractivity contribution in [2.75, 3.05) is 0 Å². The van der Waals surface area contributed by atoms with Crippen LogP contribution in [0.2, 0.25) is 0 Å². The number of benzene rings is 1. The molecule has 1 fully saturated rings. The van der Waals surface area contributed by atoms with Gasteiger partial charge in [-0.3, -0.25) is 4.79 Å². The van der Waals surface area contributed by atoms with Crippen LogP contribution in [0.5, 0.6) is 0 Å². The van der Waals surface area contributed by atoms with Gasteiger partial charge in [0.2, 0.25) is 5.91 Å². The molecule has 1 N–H and O–H groups in total. The summed E-state index contributed by atoms with van der Waals surface area (Å²) >= 11 is 0. The molecule has 1 aliphatic carbocycles. The SMILES string of the molecule is O=C(NCc1ccc(-n2cccc2)cc1)C1CCCCC1. The molecule has 1 heterocycles. The van der Waals surface area contributed by atoms with Gasteiger partial charge in [-0.05, 0) is 42.7 Å². The molecule has 110 valence electrons. The number of nitrogens with zero attached hydrogens (tertiary/aromatic N) is 1. The van der Waals surface area contributed by atoms with Gasteiger partial charge in [0, 0.05) is 30.5 Å². The number of carbonyl (C=O) groups is 1. The fraction of sp³-hybridized carbons (Fsp3) is 0.389. The first-order chi connectivity index (χ1) is 10.3. The number of hydrogen-bond donors (Lipinski definition) is 1. The molecule has 3 heteroatoms. The van der Waals surface area contributed by atoms with E-state index in [2.05, 4.69) is 34.1 Å². The Hall–Kier alpha value is -2.03. The zero-order valence-electron chi connectivity index (χ0n) is 12.3. The molecule has 3 nitrogen and oxygen atoms in total. The van der Waals surface area contributed by atoms with Gasteiger partial charge in [-0.15, -0.1) is 0 Å². The summed E-state index contributed by atoms with van der Waals surface area (Å²) in [5, 5.41) is 3.08. The molecule has 0 bridgehead atoms. The molecule has 21 heavy (non-hydrogen) atoms. The van der Waals surface area contributed by atoms with Crippen molar-refractivity contribution in [2.45, 2.75) is 38.6 Å². The van der Waals surface area contributed by atoms with Crippen LogP contribution >= 0.6 is 0 Å². The molecule has 0 unspecified atom stereocenters. The Morgan fingerprint density at radius 3 is 2.38 bits per heavy atom. The van der Waals surface area contributed by atoms with Crippen LogP contribution in [0.3, 0.4) is 0 Å². The first kappa shape index (κ1) is 13.9. The van der Waals surface area contributed by atoms with Crippen LogP contribution in [0.4, 0.5) is 0 Å². The minimum atomic E-state index is 0.226. The first-order valence-corrected chi connectivity index (χ1v) is 7.83. The highest BCUT2D eigenvalue weighted by atomic mass is 16.1. The number of amides is 1. The van der Waals surface area contributed by atoms with E-state index >= 15 is 0 Å². The summed E-state index contributed by atoms with van der Waals surface area (Å²) in [6.07, 6.45) is 9.84. The van der Waals surface area contributed by atoms with E-state index in [1.807, 2.05) is 24.5 Å². The van der Waals surface area contributed by atoms with Crippen molar-refractivity contribution < 1.29 is 4.79 Å². The maximum atomic E-state index is 12.1. The molecule has 1 aliphatic rings. The summed E-state index contributed by atoms with van der Waals surface area (Å²) in [7, 11) is 0. The van der Waals surface area contributed by atoms with Crippen molar-refractivity contribution in [1.82, 2.24) is 9.88 Å². The van der Waals surface area contributed by atoms with Crippen LogP contribution in [0, 0.1) is 5.92 Å². The van der Waals surface area contributed by atoms with Gasteiger partial charge in [0.15, 0.2) is 0 Å². The maximum absolute atomic E-state index is 12.1. The van der Waals surface area contributed by atoms with Gasteiger partial charge in [0.25, 0.3) is 0 Å². The third-order valence-corrected chi connectivity index (χ3v) is 4.28. The molecule has 3 rings (SSSR count). The van der Waals surface area contributed by atoms with Gasteiger partial charge < -0.3 is 9.88 Å². The lowest BCUT2D eigenvalue weighted by Gasteiger charge is -2.20. The van der Waals surface area contributed by atoms with Gasteiger partial charge in [-0.2, -0.15) is 0 Å². The van der Waals surface area contributed by atoms with Crippen LogP contribution in [-0.2, 0) is 11.3 Å². The normalized spacial score (nSPS) is 15.8. The van der Waals surface area contributed by atoms with E-state index in [1.54, 1.807) is 0 Å². The summed E-state index contributed by atoms with van der Waals surface area (Å²) in [5.74, 6) is 0.460. The zero-order valence-corrected chi connectivity index (χ0v) is 12.3. The van der Waals surface area contributed by atoms with E-state index in [4.69, 9.17) is 0 Å². The van der Waals surface area contributed by atoms with E-state index < -0.39 is 0 Å². The van der Waals surface area contributed by atoms with Crippen LogP contribution in [0.15, 0.2) is 48.8 Å². The van der Waals surface area contributed by atoms with Crippen LogP contribution in [0.1, 0.15) is 37.7 Å². The van der Waals surface area contributed by atoms with Gasteiger partial charge in [0.1, 0.15) is 0 Å². The molecular formula is C18H22N2O. The first-order valence-electron chi connectivity index (χ1n) is 7.83. The smallest absolute Gasteiger partial charge is 0.223 e. The molecule has 1 amide bonds. The summed E-state index contributed by atoms with van der Waals surface area (Å²) in [6.45, 7) is 0.626. The molecule has 0 saturated heterocycles. The lowest BCUT2D eigenvalue weighted by Crippen LogP contribution is -2.31. The van der Waals surface area contributed by atoms with Gasteiger partial charge in [-0.1, -0.05) is 31.4 Å². The minimum absolute atomic E-state index is 0.226. The summed E-state index contributed by atoms with van der Waals surface area (Å²) in [5.41, 5.74) is 2.29. The molecule has 1 saturated carbocycles. The van der Waals surface area contributed by atoms with Crippen LogP contribution in [-0.4, -0.2) is 10.5 Å². The average molecular weight is 282 g/mol. The van der Waals surface area contributed by atoms with Gasteiger partial charge >= 0.3 is 0 Å². The third kappa shape index (κ3) is 3.54. The predicted octanol–water partition coefficient (Wildman–Crippen LogP) is 3.67. The van der Waals surface area contributed by atoms with Crippen molar-refractivity contribution >= 4 is 5.91 Å². The van der Waals surface area contributed by atoms with E-state index in [0.717, 1.165) is 24.1 Å². The molecule has 2 aromatic rings. The van der Waals surface area contributed by atoms with Gasteiger partial charge in [-0.25, -0.2) is 0 Å². The average Bonchev–Trinajstić information content (AvgIpc) is 3.08. The standard InChI is InChI=1S/C18H22N2O/c21-18(16-6-2-1-3-7-16)19-14-15-8-10-17(11-9-15)20-12-4-5-13-20/h4-5,8-13,16H,1-3,6-7,14H2,(H,19,21). The maximum Gasteiger partial charge on any atom is 0.223 e. The number of nitrogens with one attached hydrogen (secondary N) is 1. The van der Waals surface area contributed by atoms with Crippen LogP contribution in [0.25, 0.3) is 5.69 Å². The van der Waals surface area contributed by atoms with Crippen molar-refractivity contribution in [3.05, 3.63) is 54.4 Å². The Balaban J connectivity index is 1.54. The Morgan fingerprint density at radius 2 is 1.71 bits per heavy atom. The third-order valence-electron chi connectivity index (χ3n) is 4.28. The Bertz CT molecular complexity index is 566. The van der Waals surface area contributed by atoms with E-state index in [0.29, 0.717) is 6.54 Å². The molecule has 1 aromatic carbocycles. The molecule has 0 aliphatic heterocycles. The van der Waals surface area contributed by atoms with Crippen molar-refractivity contribution in [3.63, 3.8) is 0 Å². The second-order valence-electron chi connectivity index (χ2n) is 5.81. The quantitative estimate of drug-likeness (QED) is 0.912. The van der Waals surface area contributed by atoms with Crippen LogP contribution < -0.4 is 5.32 Å². The lowest BCUT2D eigenvalue weighted by atomic mass is 9.88. The topological polar surface area (TPSA) is 34.0 Å². The summed E-state index contributed by atoms with van der Waals surface area (Å²) in [4.78, 5) is 12.1. The Morgan fingerprint density at radius 1 is 1.05 bits per heavy atom. The van der Waals surface area contributed by atoms with E-state index in [1.165, 1.54) is 19.3 Å². The Labute approximate surface area is 126 Å². The zero-order chi connectivity index (χ0) is 14.5. The van der Waals surface area contributed by atoms with Crippen molar-refractivity contribution in [2.24, 2.45) is 5.92 Å². The molecule has 1 aromatic heterocycles. The Kier molecular flexibility index (Phi) is 4.39. The van der Waals surface area contributed by atoms with E-state index in [-0.39, 0.29) is 11.8 Å². The number of hydrogen-bond acceptors (Lipinski definition) is 1. The predicted molar refractivity (Wildman–Crippen MR) is 84.2 cm³/mol. The summed E-state index contributed by atoms with van der Waals surface area (Å²) in [6, 6.07) is 12.4. The summed E-state index contributed by atoms with van der Waals surface area (Å²) < 4.78 is 2.07. The highest BCUT2D eigenvalue weighted by molar-refractivity contribution is 5.78. The van der Waals surface area contributed by atoms with Crippen molar-refractivity contribution in [1.29, 1.82) is 0 Å². The monoisotopic (exact) mass is 282 g/mol. The molecule has 0 radical (unpaired) electrons. The number of rotatable bonds is 4. The lowest BCUT2D eigenvalue weighted by molar-refractivity contribution is -0.126. The highest BCUT2D eigenvalue weighted by Gasteiger charge is 2.20. The fourth-order valence-electron chi connectivity index (χ4n) is 2.99. The fourth-order valence-corrected chi connectivity index (χ4v) is 2.99. The van der Waals surface area contributed by atoms with E-state index in [9.17, 15) is 4.79 Å². The minimum Gasteiger partial charge on any atom is -0.352 e. The number of aromatic nitrogens is 1. The highest BCUT2D eigenvalue weighted by Crippen LogP contribution is 2.23. The largest absolute Gasteiger partial charge is 0.352 e. The second kappa shape index (κ2) is 6.61. The number of carbonyl (C=O) groups excluding carboxylic acids is 1. The molecule has 0 spiro atoms. The second-order valence-corrected chi connectivity index (χ2v) is 5.81. The van der Waals surface area contributed by atoms with Gasteiger partial charge in [0.05, 0.1) is 0 Å². The molecule has 0 atom stereocenters.